The lowest BCUT2D eigenvalue weighted by Gasteiger charge is -2.20. The summed E-state index contributed by atoms with van der Waals surface area (Å²) in [5.74, 6) is 1.40. The molecule has 39 heavy (non-hydrogen) atoms. The van der Waals surface area contributed by atoms with E-state index >= 15 is 0 Å². The molecular weight excluding hydrogens is 492 g/mol. The number of pyridine rings is 3. The number of hydrogen-bond donors (Lipinski definition) is 3. The van der Waals surface area contributed by atoms with E-state index in [1.54, 1.807) is 24.9 Å². The van der Waals surface area contributed by atoms with Crippen LogP contribution >= 0.6 is 0 Å². The Balaban J connectivity index is 1.22. The second kappa shape index (κ2) is 9.43. The van der Waals surface area contributed by atoms with Crippen molar-refractivity contribution in [3.05, 3.63) is 61.1 Å². The number of hydrogen-bond acceptors (Lipinski definition) is 7. The summed E-state index contributed by atoms with van der Waals surface area (Å²) < 4.78 is 1.86. The molecule has 194 valence electrons. The van der Waals surface area contributed by atoms with E-state index < -0.39 is 0 Å². The number of anilines is 1. The lowest BCUT2D eigenvalue weighted by molar-refractivity contribution is -0.120. The van der Waals surface area contributed by atoms with E-state index in [4.69, 9.17) is 9.97 Å². The van der Waals surface area contributed by atoms with Crippen molar-refractivity contribution in [2.45, 2.75) is 39.0 Å². The Hall–Kier alpha value is -4.93. The van der Waals surface area contributed by atoms with Gasteiger partial charge in [-0.3, -0.25) is 19.4 Å². The zero-order valence-electron chi connectivity index (χ0n) is 21.3. The maximum Gasteiger partial charge on any atom is 0.227 e. The average molecular weight is 519 g/mol. The molecule has 0 aromatic carbocycles. The Bertz CT molecular complexity index is 1820. The van der Waals surface area contributed by atoms with Gasteiger partial charge in [0.05, 0.1) is 34.3 Å². The predicted molar refractivity (Wildman–Crippen MR) is 147 cm³/mol. The maximum atomic E-state index is 12.8. The number of rotatable bonds is 5. The quantitative estimate of drug-likeness (QED) is 0.292. The van der Waals surface area contributed by atoms with Crippen LogP contribution in [0.4, 0.5) is 5.69 Å². The van der Waals surface area contributed by atoms with Crippen LogP contribution in [0, 0.1) is 12.8 Å². The molecule has 0 aliphatic heterocycles. The highest BCUT2D eigenvalue weighted by atomic mass is 16.1. The van der Waals surface area contributed by atoms with Crippen molar-refractivity contribution in [2.24, 2.45) is 5.92 Å². The van der Waals surface area contributed by atoms with Crippen LogP contribution in [0.5, 0.6) is 0 Å². The smallest absolute Gasteiger partial charge is 0.227 e. The Morgan fingerprint density at radius 1 is 1.03 bits per heavy atom. The molecule has 1 aliphatic rings. The summed E-state index contributed by atoms with van der Waals surface area (Å²) in [6, 6.07) is 7.64. The minimum atomic E-state index is 0.0683. The molecular formula is C28H26N10O. The molecule has 1 amide bonds. The van der Waals surface area contributed by atoms with Gasteiger partial charge in [0.25, 0.3) is 0 Å². The molecule has 6 heterocycles. The summed E-state index contributed by atoms with van der Waals surface area (Å²) in [5.41, 5.74) is 6.70. The van der Waals surface area contributed by atoms with E-state index in [-0.39, 0.29) is 11.8 Å². The van der Waals surface area contributed by atoms with Gasteiger partial charge in [-0.2, -0.15) is 5.10 Å². The molecule has 6 aromatic rings. The summed E-state index contributed by atoms with van der Waals surface area (Å²) in [7, 11) is 0. The molecule has 6 aromatic heterocycles. The number of carbonyl (C=O) groups is 1. The zero-order valence-corrected chi connectivity index (χ0v) is 21.3. The number of aryl methyl sites for hydroxylation is 1. The van der Waals surface area contributed by atoms with Crippen LogP contribution in [-0.2, 0) is 4.79 Å². The first kappa shape index (κ1) is 23.2. The normalized spacial score (nSPS) is 14.3. The predicted octanol–water partition coefficient (Wildman–Crippen LogP) is 4.97. The zero-order chi connectivity index (χ0) is 26.3. The molecule has 0 spiro atoms. The molecule has 1 fully saturated rings. The van der Waals surface area contributed by atoms with Gasteiger partial charge in [-0.1, -0.05) is 19.3 Å². The van der Waals surface area contributed by atoms with Crippen molar-refractivity contribution < 1.29 is 4.79 Å². The molecule has 11 nitrogen and oxygen atoms in total. The number of imidazole rings is 2. The number of nitrogens with zero attached hydrogens (tertiary/aromatic N) is 7. The van der Waals surface area contributed by atoms with Crippen LogP contribution in [0.15, 0.2) is 55.4 Å². The largest absolute Gasteiger partial charge is 0.336 e. The molecule has 0 atom stereocenters. The van der Waals surface area contributed by atoms with Gasteiger partial charge >= 0.3 is 0 Å². The molecule has 0 radical (unpaired) electrons. The lowest BCUT2D eigenvalue weighted by atomic mass is 9.88. The van der Waals surface area contributed by atoms with E-state index in [1.165, 1.54) is 6.42 Å². The summed E-state index contributed by atoms with van der Waals surface area (Å²) in [4.78, 5) is 39.1. The monoisotopic (exact) mass is 518 g/mol. The molecule has 1 saturated carbocycles. The Morgan fingerprint density at radius 3 is 2.77 bits per heavy atom. The van der Waals surface area contributed by atoms with Crippen molar-refractivity contribution in [3.63, 3.8) is 0 Å². The molecule has 3 N–H and O–H groups in total. The van der Waals surface area contributed by atoms with E-state index in [0.717, 1.165) is 53.7 Å². The molecule has 0 bridgehead atoms. The SMILES string of the molecule is Cc1cn(-c2nccc3[nH]c(-c4n[nH]c5ccc(-c6cncc(NC(=O)C7CCCCC7)c6)nc45)nc23)cn1. The van der Waals surface area contributed by atoms with Crippen LogP contribution in [0.2, 0.25) is 0 Å². The highest BCUT2D eigenvalue weighted by Crippen LogP contribution is 2.30. The van der Waals surface area contributed by atoms with Gasteiger partial charge in [0.15, 0.2) is 17.3 Å². The fraction of sp³-hybridized carbons (Fsp3) is 0.250. The second-order valence-electron chi connectivity index (χ2n) is 9.99. The Labute approximate surface area is 223 Å². The van der Waals surface area contributed by atoms with Crippen LogP contribution in [0.25, 0.3) is 50.7 Å². The van der Waals surface area contributed by atoms with Crippen molar-refractivity contribution in [3.8, 4) is 28.6 Å². The highest BCUT2D eigenvalue weighted by molar-refractivity contribution is 5.94. The van der Waals surface area contributed by atoms with Crippen LogP contribution in [-0.4, -0.2) is 50.6 Å². The first-order valence-corrected chi connectivity index (χ1v) is 13.1. The first-order chi connectivity index (χ1) is 19.1. The van der Waals surface area contributed by atoms with Gasteiger partial charge in [0.1, 0.15) is 17.4 Å². The molecule has 7 rings (SSSR count). The van der Waals surface area contributed by atoms with E-state index in [0.29, 0.717) is 34.1 Å². The summed E-state index contributed by atoms with van der Waals surface area (Å²) >= 11 is 0. The average Bonchev–Trinajstić information content (AvgIpc) is 3.71. The third-order valence-corrected chi connectivity index (χ3v) is 7.25. The fourth-order valence-corrected chi connectivity index (χ4v) is 5.24. The lowest BCUT2D eigenvalue weighted by Crippen LogP contribution is -2.24. The number of H-pyrrole nitrogens is 2. The fourth-order valence-electron chi connectivity index (χ4n) is 5.24. The van der Waals surface area contributed by atoms with Gasteiger partial charge < -0.3 is 10.3 Å². The summed E-state index contributed by atoms with van der Waals surface area (Å²) in [6.07, 6.45) is 14.1. The standard InChI is InChI=1S/C28H26N10O/c1-16-14-38(15-31-16)27-24-21(9-10-30-27)34-26(35-24)25-23-22(36-37-25)8-7-20(33-23)18-11-19(13-29-12-18)32-28(39)17-5-3-2-4-6-17/h7-15,17H,2-6H2,1H3,(H,32,39)(H,34,35)(H,36,37). The van der Waals surface area contributed by atoms with Crippen molar-refractivity contribution in [1.29, 1.82) is 0 Å². The highest BCUT2D eigenvalue weighted by Gasteiger charge is 2.22. The van der Waals surface area contributed by atoms with Crippen molar-refractivity contribution in [2.75, 3.05) is 5.32 Å². The number of aromatic nitrogens is 9. The topological polar surface area (TPSA) is 143 Å². The minimum absolute atomic E-state index is 0.0683. The van der Waals surface area contributed by atoms with Gasteiger partial charge in [-0.05, 0) is 44.0 Å². The minimum Gasteiger partial charge on any atom is -0.336 e. The van der Waals surface area contributed by atoms with Gasteiger partial charge in [-0.15, -0.1) is 0 Å². The molecule has 1 aliphatic carbocycles. The number of nitrogens with one attached hydrogen (secondary N) is 3. The number of aromatic amines is 2. The third kappa shape index (κ3) is 4.31. The molecule has 0 unspecified atom stereocenters. The summed E-state index contributed by atoms with van der Waals surface area (Å²) in [5, 5.41) is 10.6. The third-order valence-electron chi connectivity index (χ3n) is 7.25. The first-order valence-electron chi connectivity index (χ1n) is 13.1. The number of amides is 1. The maximum absolute atomic E-state index is 12.8. The van der Waals surface area contributed by atoms with Crippen molar-refractivity contribution in [1.82, 2.24) is 44.7 Å². The van der Waals surface area contributed by atoms with Crippen LogP contribution in [0.3, 0.4) is 0 Å². The van der Waals surface area contributed by atoms with Gasteiger partial charge in [0.2, 0.25) is 5.91 Å². The van der Waals surface area contributed by atoms with E-state index in [2.05, 4.69) is 35.5 Å². The number of carbonyl (C=O) groups excluding carboxylic acids is 1. The molecule has 11 heteroatoms. The van der Waals surface area contributed by atoms with E-state index in [9.17, 15) is 4.79 Å². The van der Waals surface area contributed by atoms with Gasteiger partial charge in [0, 0.05) is 30.1 Å². The van der Waals surface area contributed by atoms with Gasteiger partial charge in [-0.25, -0.2) is 19.9 Å². The number of fused-ring (bicyclic) bond motifs is 2. The second-order valence-corrected chi connectivity index (χ2v) is 9.99. The van der Waals surface area contributed by atoms with Crippen LogP contribution < -0.4 is 5.32 Å². The summed E-state index contributed by atoms with van der Waals surface area (Å²) in [6.45, 7) is 1.93. The Morgan fingerprint density at radius 2 is 1.92 bits per heavy atom. The molecule has 0 saturated heterocycles. The Kier molecular flexibility index (Phi) is 5.61. The van der Waals surface area contributed by atoms with Crippen molar-refractivity contribution >= 4 is 33.7 Å². The van der Waals surface area contributed by atoms with E-state index in [1.807, 2.05) is 42.0 Å². The van der Waals surface area contributed by atoms with Crippen LogP contribution in [0.1, 0.15) is 37.8 Å².